The first kappa shape index (κ1) is 14.4. The lowest BCUT2D eigenvalue weighted by atomic mass is 10.0. The predicted molar refractivity (Wildman–Crippen MR) is 70.0 cm³/mol. The summed E-state index contributed by atoms with van der Waals surface area (Å²) >= 11 is 0. The van der Waals surface area contributed by atoms with Crippen LogP contribution in [-0.2, 0) is 0 Å². The summed E-state index contributed by atoms with van der Waals surface area (Å²) in [6, 6.07) is 2.98. The molecule has 0 aliphatic rings. The summed E-state index contributed by atoms with van der Waals surface area (Å²) in [5.41, 5.74) is 0.0106. The highest BCUT2D eigenvalue weighted by Gasteiger charge is 2.19. The van der Waals surface area contributed by atoms with Crippen molar-refractivity contribution < 1.29 is 15.0 Å². The van der Waals surface area contributed by atoms with Crippen LogP contribution in [0.15, 0.2) is 12.1 Å². The third-order valence-corrected chi connectivity index (χ3v) is 2.64. The molecule has 0 saturated heterocycles. The van der Waals surface area contributed by atoms with Gasteiger partial charge in [-0.1, -0.05) is 13.3 Å². The molecule has 0 spiro atoms. The Labute approximate surface area is 107 Å². The van der Waals surface area contributed by atoms with Gasteiger partial charge in [-0.15, -0.1) is 0 Å². The topological polar surface area (TPSA) is 82.5 Å². The Morgan fingerprint density at radius 3 is 2.72 bits per heavy atom. The molecule has 1 aromatic heterocycles. The molecule has 0 aromatic carbocycles. The molecule has 1 rings (SSSR count). The molecule has 5 nitrogen and oxygen atoms in total. The van der Waals surface area contributed by atoms with Crippen LogP contribution in [0.2, 0.25) is 0 Å². The van der Waals surface area contributed by atoms with Gasteiger partial charge in [0.15, 0.2) is 0 Å². The summed E-state index contributed by atoms with van der Waals surface area (Å²) in [6.07, 6.45) is 1.56. The fourth-order valence-corrected chi connectivity index (χ4v) is 1.79. The molecule has 0 aliphatic carbocycles. The second kappa shape index (κ2) is 5.82. The van der Waals surface area contributed by atoms with Gasteiger partial charge < -0.3 is 15.5 Å². The smallest absolute Gasteiger partial charge is 0.335 e. The van der Waals surface area contributed by atoms with Gasteiger partial charge in [0, 0.05) is 12.2 Å². The van der Waals surface area contributed by atoms with Crippen molar-refractivity contribution in [2.75, 3.05) is 11.9 Å². The molecule has 0 amide bonds. The number of aromatic carboxylic acids is 1. The first-order chi connectivity index (χ1) is 8.34. The largest absolute Gasteiger partial charge is 0.478 e. The van der Waals surface area contributed by atoms with E-state index in [1.165, 1.54) is 12.1 Å². The number of nitrogens with zero attached hydrogens (tertiary/aromatic N) is 1. The second-order valence-electron chi connectivity index (χ2n) is 4.79. The highest BCUT2D eigenvalue weighted by atomic mass is 16.4. The maximum atomic E-state index is 10.9. The van der Waals surface area contributed by atoms with Crippen molar-refractivity contribution in [1.29, 1.82) is 0 Å². The molecule has 3 N–H and O–H groups in total. The van der Waals surface area contributed by atoms with Crippen molar-refractivity contribution in [1.82, 2.24) is 4.98 Å². The molecular weight excluding hydrogens is 232 g/mol. The van der Waals surface area contributed by atoms with E-state index in [0.29, 0.717) is 24.5 Å². The van der Waals surface area contributed by atoms with E-state index in [0.717, 1.165) is 6.42 Å². The lowest BCUT2D eigenvalue weighted by Crippen LogP contribution is -2.33. The lowest BCUT2D eigenvalue weighted by molar-refractivity contribution is 0.0636. The Morgan fingerprint density at radius 1 is 1.50 bits per heavy atom. The number of carbonyl (C=O) groups is 1. The third-order valence-electron chi connectivity index (χ3n) is 2.64. The standard InChI is InChI=1S/C13H20N2O3/c1-4-5-13(3,18)8-14-11-7-10(12(16)17)6-9(2)15-11/h6-7,18H,4-5,8H2,1-3H3,(H,14,15)(H,16,17). The third kappa shape index (κ3) is 4.33. The minimum atomic E-state index is -0.983. The van der Waals surface area contributed by atoms with Crippen LogP contribution in [0.1, 0.15) is 42.7 Å². The van der Waals surface area contributed by atoms with Gasteiger partial charge in [0.1, 0.15) is 5.82 Å². The number of aromatic nitrogens is 1. The SMILES string of the molecule is CCCC(C)(O)CNc1cc(C(=O)O)cc(C)n1. The molecule has 0 fully saturated rings. The molecule has 5 heteroatoms. The van der Waals surface area contributed by atoms with E-state index >= 15 is 0 Å². The summed E-state index contributed by atoms with van der Waals surface area (Å²) < 4.78 is 0. The normalized spacial score (nSPS) is 14.0. The quantitative estimate of drug-likeness (QED) is 0.721. The molecular formula is C13H20N2O3. The highest BCUT2D eigenvalue weighted by molar-refractivity contribution is 5.88. The Balaban J connectivity index is 2.76. The van der Waals surface area contributed by atoms with Gasteiger partial charge >= 0.3 is 5.97 Å². The highest BCUT2D eigenvalue weighted by Crippen LogP contribution is 2.15. The van der Waals surface area contributed by atoms with E-state index in [2.05, 4.69) is 10.3 Å². The average molecular weight is 252 g/mol. The maximum Gasteiger partial charge on any atom is 0.335 e. The summed E-state index contributed by atoms with van der Waals surface area (Å²) in [5.74, 6) is -0.507. The van der Waals surface area contributed by atoms with Crippen molar-refractivity contribution >= 4 is 11.8 Å². The van der Waals surface area contributed by atoms with Crippen LogP contribution in [0.5, 0.6) is 0 Å². The number of hydrogen-bond donors (Lipinski definition) is 3. The summed E-state index contributed by atoms with van der Waals surface area (Å²) in [5, 5.41) is 21.9. The van der Waals surface area contributed by atoms with Crippen molar-refractivity contribution in [3.63, 3.8) is 0 Å². The van der Waals surface area contributed by atoms with E-state index in [1.54, 1.807) is 13.8 Å². The van der Waals surface area contributed by atoms with Crippen LogP contribution in [0.25, 0.3) is 0 Å². The molecule has 1 aromatic rings. The molecule has 1 unspecified atom stereocenters. The number of carboxylic acid groups (broad SMARTS) is 1. The van der Waals surface area contributed by atoms with Crippen molar-refractivity contribution in [2.45, 2.75) is 39.2 Å². The van der Waals surface area contributed by atoms with Crippen molar-refractivity contribution in [3.05, 3.63) is 23.4 Å². The molecule has 0 aliphatic heterocycles. The summed E-state index contributed by atoms with van der Waals surface area (Å²) in [4.78, 5) is 15.1. The van der Waals surface area contributed by atoms with Gasteiger partial charge in [0.05, 0.1) is 11.2 Å². The monoisotopic (exact) mass is 252 g/mol. The number of nitrogens with one attached hydrogen (secondary N) is 1. The van der Waals surface area contributed by atoms with Crippen molar-refractivity contribution in [2.24, 2.45) is 0 Å². The van der Waals surface area contributed by atoms with E-state index in [-0.39, 0.29) is 5.56 Å². The van der Waals surface area contributed by atoms with Crippen LogP contribution >= 0.6 is 0 Å². The zero-order valence-electron chi connectivity index (χ0n) is 11.0. The first-order valence-corrected chi connectivity index (χ1v) is 6.02. The number of carboxylic acids is 1. The van der Waals surface area contributed by atoms with E-state index in [4.69, 9.17) is 5.11 Å². The molecule has 100 valence electrons. The van der Waals surface area contributed by atoms with E-state index in [1.807, 2.05) is 6.92 Å². The fraction of sp³-hybridized carbons (Fsp3) is 0.538. The molecule has 1 heterocycles. The van der Waals surface area contributed by atoms with Gasteiger partial charge in [-0.3, -0.25) is 0 Å². The van der Waals surface area contributed by atoms with Gasteiger partial charge in [-0.25, -0.2) is 9.78 Å². The Kier molecular flexibility index (Phi) is 4.67. The second-order valence-corrected chi connectivity index (χ2v) is 4.79. The van der Waals surface area contributed by atoms with Gasteiger partial charge in [0.25, 0.3) is 0 Å². The molecule has 1 atom stereocenters. The number of pyridine rings is 1. The number of anilines is 1. The Bertz CT molecular complexity index is 430. The maximum absolute atomic E-state index is 10.9. The summed E-state index contributed by atoms with van der Waals surface area (Å²) in [6.45, 7) is 5.83. The number of rotatable bonds is 6. The number of hydrogen-bond acceptors (Lipinski definition) is 4. The van der Waals surface area contributed by atoms with Crippen LogP contribution in [-0.4, -0.2) is 33.3 Å². The average Bonchev–Trinajstić information content (AvgIpc) is 2.26. The summed E-state index contributed by atoms with van der Waals surface area (Å²) in [7, 11) is 0. The number of aryl methyl sites for hydroxylation is 1. The van der Waals surface area contributed by atoms with Crippen LogP contribution in [0.3, 0.4) is 0 Å². The van der Waals surface area contributed by atoms with Crippen LogP contribution in [0, 0.1) is 6.92 Å². The minimum Gasteiger partial charge on any atom is -0.478 e. The lowest BCUT2D eigenvalue weighted by Gasteiger charge is -2.23. The Hall–Kier alpha value is -1.62. The van der Waals surface area contributed by atoms with Gasteiger partial charge in [-0.05, 0) is 32.4 Å². The fourth-order valence-electron chi connectivity index (χ4n) is 1.79. The van der Waals surface area contributed by atoms with Crippen molar-refractivity contribution in [3.8, 4) is 0 Å². The van der Waals surface area contributed by atoms with Gasteiger partial charge in [-0.2, -0.15) is 0 Å². The van der Waals surface area contributed by atoms with Gasteiger partial charge in [0.2, 0.25) is 0 Å². The van der Waals surface area contributed by atoms with E-state index < -0.39 is 11.6 Å². The van der Waals surface area contributed by atoms with Crippen LogP contribution < -0.4 is 5.32 Å². The molecule has 18 heavy (non-hydrogen) atoms. The van der Waals surface area contributed by atoms with Crippen LogP contribution in [0.4, 0.5) is 5.82 Å². The molecule has 0 bridgehead atoms. The minimum absolute atomic E-state index is 0.195. The van der Waals surface area contributed by atoms with E-state index in [9.17, 15) is 9.90 Å². The molecule has 0 radical (unpaired) electrons. The zero-order chi connectivity index (χ0) is 13.8. The predicted octanol–water partition coefficient (Wildman–Crippen LogP) is 2.05. The number of aliphatic hydroxyl groups is 1. The Morgan fingerprint density at radius 2 is 2.17 bits per heavy atom. The molecule has 0 saturated carbocycles. The first-order valence-electron chi connectivity index (χ1n) is 6.02. The zero-order valence-corrected chi connectivity index (χ0v) is 11.0.